The number of rotatable bonds is 8. The molecule has 0 spiro atoms. The molecule has 0 saturated carbocycles. The lowest BCUT2D eigenvalue weighted by Gasteiger charge is -2.32. The van der Waals surface area contributed by atoms with Crippen LogP contribution in [0.15, 0.2) is 0 Å². The van der Waals surface area contributed by atoms with Gasteiger partial charge < -0.3 is 20.4 Å². The van der Waals surface area contributed by atoms with Crippen molar-refractivity contribution in [2.24, 2.45) is 12.8 Å². The van der Waals surface area contributed by atoms with Gasteiger partial charge in [0.2, 0.25) is 5.91 Å². The first kappa shape index (κ1) is 25.2. The van der Waals surface area contributed by atoms with Crippen molar-refractivity contribution >= 4 is 40.0 Å². The second kappa shape index (κ2) is 9.09. The molecule has 1 aromatic heterocycles. The van der Waals surface area contributed by atoms with Crippen LogP contribution < -0.4 is 5.73 Å². The molecule has 3 N–H and O–H groups in total. The number of hydrogen-bond donors (Lipinski definition) is 2. The maximum atomic E-state index is 13.0. The minimum Gasteiger partial charge on any atom is -0.347 e. The molecule has 1 fully saturated rings. The number of aromatic nitrogens is 2. The molecule has 3 rings (SSSR count). The fraction of sp³-hybridized carbons (Fsp3) is 0.647. The number of fused-ring (bicyclic) bond motifs is 4. The second-order valence-electron chi connectivity index (χ2n) is 8.14. The van der Waals surface area contributed by atoms with Crippen molar-refractivity contribution in [1.29, 1.82) is 0 Å². The van der Waals surface area contributed by atoms with Gasteiger partial charge in [-0.25, -0.2) is 4.79 Å². The Bertz CT molecular complexity index is 1070. The monoisotopic (exact) mass is 505 g/mol. The van der Waals surface area contributed by atoms with E-state index in [9.17, 15) is 27.4 Å². The molecule has 33 heavy (non-hydrogen) atoms. The molecule has 14 nitrogen and oxygen atoms in total. The van der Waals surface area contributed by atoms with Gasteiger partial charge in [0.25, 0.3) is 5.91 Å². The summed E-state index contributed by atoms with van der Waals surface area (Å²) in [6.45, 7) is -0.0341. The largest absolute Gasteiger partial charge is 0.418 e. The van der Waals surface area contributed by atoms with Gasteiger partial charge in [-0.15, -0.1) is 4.28 Å². The van der Waals surface area contributed by atoms with E-state index in [-0.39, 0.29) is 18.2 Å². The normalized spacial score (nSPS) is 20.6. The van der Waals surface area contributed by atoms with E-state index in [2.05, 4.69) is 9.38 Å². The summed E-state index contributed by atoms with van der Waals surface area (Å²) < 4.78 is 38.0. The van der Waals surface area contributed by atoms with Gasteiger partial charge in [-0.05, 0) is 0 Å². The number of urea groups is 1. The zero-order valence-electron chi connectivity index (χ0n) is 18.8. The van der Waals surface area contributed by atoms with Gasteiger partial charge in [0.1, 0.15) is 6.04 Å². The van der Waals surface area contributed by atoms with E-state index in [4.69, 9.17) is 5.73 Å². The standard InChI is InChI=1S/C17H27N7O7S2/c1-20(2)15(25)9(18)7-32-8-10-12-11-6-23(17(27)24(11)31-33(28,29)30)14(16(26)21(3)4)13(12)22(5)19-10/h9,11,14H,6-8,18H2,1-5H3,(H,28,29,30)/t9-,11?,14?/m0/s1. The van der Waals surface area contributed by atoms with Crippen LogP contribution in [0.4, 0.5) is 4.79 Å². The average molecular weight is 506 g/mol. The topological polar surface area (TPSA) is 172 Å². The van der Waals surface area contributed by atoms with Crippen LogP contribution >= 0.6 is 11.8 Å². The Morgan fingerprint density at radius 3 is 2.48 bits per heavy atom. The molecule has 0 radical (unpaired) electrons. The number of nitrogens with two attached hydrogens (primary N) is 1. The quantitative estimate of drug-likeness (QED) is 0.406. The minimum absolute atomic E-state index is 0.0341. The molecule has 2 bridgehead atoms. The van der Waals surface area contributed by atoms with Gasteiger partial charge in [-0.3, -0.25) is 18.8 Å². The summed E-state index contributed by atoms with van der Waals surface area (Å²) in [6.07, 6.45) is 0. The number of aryl methyl sites for hydroxylation is 1. The van der Waals surface area contributed by atoms with Crippen molar-refractivity contribution in [2.45, 2.75) is 23.9 Å². The number of carbonyl (C=O) groups is 3. The smallest absolute Gasteiger partial charge is 0.347 e. The lowest BCUT2D eigenvalue weighted by molar-refractivity contribution is -0.134. The van der Waals surface area contributed by atoms with Crippen molar-refractivity contribution in [3.8, 4) is 0 Å². The van der Waals surface area contributed by atoms with E-state index < -0.39 is 40.5 Å². The van der Waals surface area contributed by atoms with Crippen molar-refractivity contribution in [2.75, 3.05) is 40.5 Å². The Kier molecular flexibility index (Phi) is 6.95. The highest BCUT2D eigenvalue weighted by atomic mass is 32.3. The molecule has 16 heteroatoms. The fourth-order valence-electron chi connectivity index (χ4n) is 3.94. The van der Waals surface area contributed by atoms with Crippen LogP contribution in [0.1, 0.15) is 29.0 Å². The summed E-state index contributed by atoms with van der Waals surface area (Å²) in [6, 6.07) is -3.56. The zero-order chi connectivity index (χ0) is 24.8. The van der Waals surface area contributed by atoms with Gasteiger partial charge >= 0.3 is 16.4 Å². The van der Waals surface area contributed by atoms with E-state index in [1.807, 2.05) is 0 Å². The maximum absolute atomic E-state index is 13.0. The molecule has 184 valence electrons. The molecule has 0 aromatic carbocycles. The predicted molar refractivity (Wildman–Crippen MR) is 117 cm³/mol. The Morgan fingerprint density at radius 2 is 1.94 bits per heavy atom. The first-order chi connectivity index (χ1) is 15.2. The van der Waals surface area contributed by atoms with Crippen LogP contribution in [-0.4, -0.2) is 107 Å². The Hall–Kier alpha value is -2.40. The van der Waals surface area contributed by atoms with Crippen LogP contribution in [0.2, 0.25) is 0 Å². The molecular formula is C17H27N7O7S2. The predicted octanol–water partition coefficient (Wildman–Crippen LogP) is -1.28. The first-order valence-electron chi connectivity index (χ1n) is 9.82. The highest BCUT2D eigenvalue weighted by molar-refractivity contribution is 7.98. The number of likely N-dealkylation sites (N-methyl/N-ethyl adjacent to an activating group) is 2. The molecule has 0 aliphatic carbocycles. The summed E-state index contributed by atoms with van der Waals surface area (Å²) in [5, 5.41) is 5.04. The lowest BCUT2D eigenvalue weighted by Crippen LogP contribution is -2.44. The van der Waals surface area contributed by atoms with E-state index in [1.54, 1.807) is 21.1 Å². The van der Waals surface area contributed by atoms with Gasteiger partial charge in [0.05, 0.1) is 24.0 Å². The molecule has 2 unspecified atom stereocenters. The van der Waals surface area contributed by atoms with Crippen LogP contribution in [0.25, 0.3) is 0 Å². The van der Waals surface area contributed by atoms with Crippen LogP contribution in [-0.2, 0) is 37.1 Å². The van der Waals surface area contributed by atoms with E-state index in [0.29, 0.717) is 27.8 Å². The molecule has 3 atom stereocenters. The molecule has 4 amide bonds. The number of hydroxylamine groups is 2. The number of carbonyl (C=O) groups excluding carboxylic acids is 3. The van der Waals surface area contributed by atoms with Gasteiger partial charge in [-0.1, -0.05) is 0 Å². The van der Waals surface area contributed by atoms with E-state index in [1.165, 1.54) is 45.2 Å². The van der Waals surface area contributed by atoms with E-state index in [0.717, 1.165) is 0 Å². The van der Waals surface area contributed by atoms with Gasteiger partial charge in [0, 0.05) is 52.3 Å². The Balaban J connectivity index is 1.98. The van der Waals surface area contributed by atoms with Crippen LogP contribution in [0, 0.1) is 0 Å². The average Bonchev–Trinajstić information content (AvgIpc) is 3.16. The lowest BCUT2D eigenvalue weighted by atomic mass is 9.95. The number of hydrogen-bond acceptors (Lipinski definition) is 9. The van der Waals surface area contributed by atoms with Crippen molar-refractivity contribution in [3.05, 3.63) is 17.0 Å². The van der Waals surface area contributed by atoms with Gasteiger partial charge in [-0.2, -0.15) is 30.3 Å². The fourth-order valence-corrected chi connectivity index (χ4v) is 5.23. The summed E-state index contributed by atoms with van der Waals surface area (Å²) in [5.41, 5.74) is 7.30. The summed E-state index contributed by atoms with van der Waals surface area (Å²) in [4.78, 5) is 41.8. The molecular weight excluding hydrogens is 478 g/mol. The maximum Gasteiger partial charge on any atom is 0.418 e. The number of nitrogens with zero attached hydrogens (tertiary/aromatic N) is 6. The zero-order valence-corrected chi connectivity index (χ0v) is 20.5. The first-order valence-corrected chi connectivity index (χ1v) is 12.3. The van der Waals surface area contributed by atoms with Crippen molar-refractivity contribution in [1.82, 2.24) is 29.5 Å². The molecule has 1 saturated heterocycles. The van der Waals surface area contributed by atoms with E-state index >= 15 is 0 Å². The van der Waals surface area contributed by atoms with Gasteiger partial charge in [0.15, 0.2) is 6.04 Å². The van der Waals surface area contributed by atoms with Crippen molar-refractivity contribution in [3.63, 3.8) is 0 Å². The van der Waals surface area contributed by atoms with Crippen molar-refractivity contribution < 1.29 is 31.6 Å². The number of thioether (sulfide) groups is 1. The molecule has 2 aliphatic rings. The summed E-state index contributed by atoms with van der Waals surface area (Å²) >= 11 is 1.33. The third kappa shape index (κ3) is 4.79. The highest BCUT2D eigenvalue weighted by Gasteiger charge is 2.55. The molecule has 2 aliphatic heterocycles. The highest BCUT2D eigenvalue weighted by Crippen LogP contribution is 2.46. The molecule has 1 aromatic rings. The Labute approximate surface area is 195 Å². The summed E-state index contributed by atoms with van der Waals surface area (Å²) in [7, 11) is 2.92. The van der Waals surface area contributed by atoms with Crippen LogP contribution in [0.3, 0.4) is 0 Å². The summed E-state index contributed by atoms with van der Waals surface area (Å²) in [5.74, 6) is -0.0571. The Morgan fingerprint density at radius 1 is 1.30 bits per heavy atom. The third-order valence-electron chi connectivity index (χ3n) is 5.34. The molecule has 3 heterocycles. The SMILES string of the molecule is CN(C)C(=O)C1c2c(c(CSC[C@H](N)C(=O)N(C)C)nn2C)C2CN1C(=O)N2OS(=O)(=O)O. The number of amides is 4. The minimum atomic E-state index is -5.00. The van der Waals surface area contributed by atoms with Crippen LogP contribution in [0.5, 0.6) is 0 Å². The second-order valence-corrected chi connectivity index (χ2v) is 10.2. The third-order valence-corrected chi connectivity index (χ3v) is 6.76.